The maximum Gasteiger partial charge on any atom is 0.243 e. The summed E-state index contributed by atoms with van der Waals surface area (Å²) < 4.78 is 32.4. The molecule has 0 aromatic heterocycles. The van der Waals surface area contributed by atoms with Crippen LogP contribution in [-0.2, 0) is 14.8 Å². The molecule has 32 heavy (non-hydrogen) atoms. The SMILES string of the molecule is CCN(CC)S(=O)(=O)c1ccc(C)c(NC(=O)C(C)c2ccc3cc(OC)ccc3c2)c1. The molecule has 0 aliphatic carbocycles. The van der Waals surface area contributed by atoms with Gasteiger partial charge in [-0.3, -0.25) is 4.79 Å². The van der Waals surface area contributed by atoms with Crippen molar-refractivity contribution >= 4 is 32.4 Å². The molecule has 1 N–H and O–H groups in total. The number of methoxy groups -OCH3 is 1. The van der Waals surface area contributed by atoms with Crippen molar-refractivity contribution < 1.29 is 17.9 Å². The number of carbonyl (C=O) groups excluding carboxylic acids is 1. The second-order valence-electron chi connectivity index (χ2n) is 7.75. The van der Waals surface area contributed by atoms with E-state index in [0.717, 1.165) is 27.6 Å². The van der Waals surface area contributed by atoms with Gasteiger partial charge in [-0.15, -0.1) is 0 Å². The van der Waals surface area contributed by atoms with Gasteiger partial charge in [0.1, 0.15) is 5.75 Å². The van der Waals surface area contributed by atoms with Gasteiger partial charge in [0.2, 0.25) is 15.9 Å². The molecule has 3 aromatic rings. The third-order valence-electron chi connectivity index (χ3n) is 5.77. The van der Waals surface area contributed by atoms with Crippen LogP contribution >= 0.6 is 0 Å². The van der Waals surface area contributed by atoms with Crippen molar-refractivity contribution in [3.05, 3.63) is 65.7 Å². The zero-order valence-electron chi connectivity index (χ0n) is 19.2. The average molecular weight is 455 g/mol. The maximum absolute atomic E-state index is 13.0. The number of aryl methyl sites for hydroxylation is 1. The monoisotopic (exact) mass is 454 g/mol. The molecule has 0 spiro atoms. The minimum absolute atomic E-state index is 0.175. The largest absolute Gasteiger partial charge is 0.497 e. The topological polar surface area (TPSA) is 75.7 Å². The van der Waals surface area contributed by atoms with Crippen LogP contribution in [0.1, 0.15) is 37.8 Å². The first kappa shape index (κ1) is 23.8. The van der Waals surface area contributed by atoms with Crippen LogP contribution in [0.15, 0.2) is 59.5 Å². The van der Waals surface area contributed by atoms with Crippen LogP contribution in [0.3, 0.4) is 0 Å². The van der Waals surface area contributed by atoms with Crippen molar-refractivity contribution in [3.63, 3.8) is 0 Å². The van der Waals surface area contributed by atoms with Gasteiger partial charge in [0.25, 0.3) is 0 Å². The highest BCUT2D eigenvalue weighted by Crippen LogP contribution is 2.28. The summed E-state index contributed by atoms with van der Waals surface area (Å²) in [4.78, 5) is 13.2. The Morgan fingerprint density at radius 3 is 2.31 bits per heavy atom. The summed E-state index contributed by atoms with van der Waals surface area (Å²) in [6.45, 7) is 8.07. The lowest BCUT2D eigenvalue weighted by molar-refractivity contribution is -0.117. The molecule has 1 amide bonds. The van der Waals surface area contributed by atoms with E-state index in [0.29, 0.717) is 18.8 Å². The Morgan fingerprint density at radius 1 is 1.00 bits per heavy atom. The van der Waals surface area contributed by atoms with Crippen LogP contribution in [0.4, 0.5) is 5.69 Å². The number of nitrogens with zero attached hydrogens (tertiary/aromatic N) is 1. The normalized spacial score (nSPS) is 12.7. The van der Waals surface area contributed by atoms with Gasteiger partial charge in [0.05, 0.1) is 17.9 Å². The second kappa shape index (κ2) is 9.71. The van der Waals surface area contributed by atoms with E-state index < -0.39 is 15.9 Å². The zero-order chi connectivity index (χ0) is 23.5. The predicted octanol–water partition coefficient (Wildman–Crippen LogP) is 4.93. The number of ether oxygens (including phenoxy) is 1. The lowest BCUT2D eigenvalue weighted by atomic mass is 9.96. The number of rotatable bonds is 8. The van der Waals surface area contributed by atoms with Crippen LogP contribution in [0.2, 0.25) is 0 Å². The van der Waals surface area contributed by atoms with Crippen LogP contribution in [-0.4, -0.2) is 38.8 Å². The Balaban J connectivity index is 1.86. The summed E-state index contributed by atoms with van der Waals surface area (Å²) in [5.74, 6) is 0.174. The van der Waals surface area contributed by atoms with Gasteiger partial charge in [-0.05, 0) is 60.0 Å². The van der Waals surface area contributed by atoms with E-state index in [1.54, 1.807) is 39.2 Å². The molecule has 0 fully saturated rings. The fourth-order valence-corrected chi connectivity index (χ4v) is 5.12. The Hall–Kier alpha value is -2.90. The van der Waals surface area contributed by atoms with Gasteiger partial charge in [-0.25, -0.2) is 8.42 Å². The lowest BCUT2D eigenvalue weighted by Crippen LogP contribution is -2.30. The molecular formula is C25H30N2O4S. The summed E-state index contributed by atoms with van der Waals surface area (Å²) in [5.41, 5.74) is 2.18. The van der Waals surface area contributed by atoms with Gasteiger partial charge < -0.3 is 10.1 Å². The number of nitrogens with one attached hydrogen (secondary N) is 1. The fraction of sp³-hybridized carbons (Fsp3) is 0.320. The molecule has 1 atom stereocenters. The first-order chi connectivity index (χ1) is 15.2. The molecule has 0 aliphatic rings. The molecule has 7 heteroatoms. The number of hydrogen-bond acceptors (Lipinski definition) is 4. The van der Waals surface area contributed by atoms with E-state index in [-0.39, 0.29) is 10.8 Å². The van der Waals surface area contributed by atoms with Gasteiger partial charge in [0.15, 0.2) is 0 Å². The van der Waals surface area contributed by atoms with Crippen LogP contribution < -0.4 is 10.1 Å². The Bertz CT molecular complexity index is 1230. The molecular weight excluding hydrogens is 424 g/mol. The highest BCUT2D eigenvalue weighted by molar-refractivity contribution is 7.89. The molecule has 0 aliphatic heterocycles. The first-order valence-electron chi connectivity index (χ1n) is 10.7. The molecule has 1 unspecified atom stereocenters. The van der Waals surface area contributed by atoms with Crippen LogP contribution in [0, 0.1) is 6.92 Å². The first-order valence-corrected chi connectivity index (χ1v) is 12.1. The van der Waals surface area contributed by atoms with Crippen molar-refractivity contribution in [2.45, 2.75) is 38.5 Å². The minimum Gasteiger partial charge on any atom is -0.497 e. The summed E-state index contributed by atoms with van der Waals surface area (Å²) >= 11 is 0. The fourth-order valence-electron chi connectivity index (χ4n) is 3.64. The Labute approximate surface area is 190 Å². The lowest BCUT2D eigenvalue weighted by Gasteiger charge is -2.20. The molecule has 0 saturated heterocycles. The van der Waals surface area contributed by atoms with Crippen molar-refractivity contribution in [1.29, 1.82) is 0 Å². The average Bonchev–Trinajstić information content (AvgIpc) is 2.79. The van der Waals surface area contributed by atoms with E-state index in [1.807, 2.05) is 50.2 Å². The number of amides is 1. The maximum atomic E-state index is 13.0. The van der Waals surface area contributed by atoms with Crippen LogP contribution in [0.5, 0.6) is 5.75 Å². The molecule has 0 saturated carbocycles. The molecule has 0 heterocycles. The van der Waals surface area contributed by atoms with Crippen molar-refractivity contribution in [3.8, 4) is 5.75 Å². The zero-order valence-corrected chi connectivity index (χ0v) is 20.0. The van der Waals surface area contributed by atoms with Gasteiger partial charge in [0, 0.05) is 18.8 Å². The van der Waals surface area contributed by atoms with Crippen molar-refractivity contribution in [1.82, 2.24) is 4.31 Å². The molecule has 170 valence electrons. The van der Waals surface area contributed by atoms with Gasteiger partial charge in [-0.2, -0.15) is 4.31 Å². The summed E-state index contributed by atoms with van der Waals surface area (Å²) in [6.07, 6.45) is 0. The quantitative estimate of drug-likeness (QED) is 0.524. The van der Waals surface area contributed by atoms with E-state index in [4.69, 9.17) is 4.74 Å². The standard InChI is InChI=1S/C25H30N2O4S/c1-6-27(7-2)32(29,30)23-13-8-17(3)24(16-23)26-25(28)18(4)19-9-10-21-15-22(31-5)12-11-20(21)14-19/h8-16,18H,6-7H2,1-5H3,(H,26,28). The van der Waals surface area contributed by atoms with Gasteiger partial charge in [-0.1, -0.05) is 44.2 Å². The third kappa shape index (κ3) is 4.79. The van der Waals surface area contributed by atoms with Crippen molar-refractivity contribution in [2.24, 2.45) is 0 Å². The number of benzene rings is 3. The van der Waals surface area contributed by atoms with E-state index >= 15 is 0 Å². The highest BCUT2D eigenvalue weighted by atomic mass is 32.2. The number of carbonyl (C=O) groups is 1. The predicted molar refractivity (Wildman–Crippen MR) is 129 cm³/mol. The van der Waals surface area contributed by atoms with Crippen molar-refractivity contribution in [2.75, 3.05) is 25.5 Å². The molecule has 6 nitrogen and oxygen atoms in total. The molecule has 3 rings (SSSR count). The number of anilines is 1. The third-order valence-corrected chi connectivity index (χ3v) is 7.82. The highest BCUT2D eigenvalue weighted by Gasteiger charge is 2.23. The van der Waals surface area contributed by atoms with E-state index in [1.165, 1.54) is 4.31 Å². The van der Waals surface area contributed by atoms with Crippen LogP contribution in [0.25, 0.3) is 10.8 Å². The summed E-state index contributed by atoms with van der Waals surface area (Å²) in [5, 5.41) is 4.97. The smallest absolute Gasteiger partial charge is 0.243 e. The number of fused-ring (bicyclic) bond motifs is 1. The minimum atomic E-state index is -3.61. The summed E-state index contributed by atoms with van der Waals surface area (Å²) in [7, 11) is -1.98. The molecule has 0 radical (unpaired) electrons. The summed E-state index contributed by atoms with van der Waals surface area (Å²) in [6, 6.07) is 16.6. The molecule has 3 aromatic carbocycles. The van der Waals surface area contributed by atoms with Gasteiger partial charge >= 0.3 is 0 Å². The van der Waals surface area contributed by atoms with E-state index in [9.17, 15) is 13.2 Å². The van der Waals surface area contributed by atoms with E-state index in [2.05, 4.69) is 5.32 Å². The molecule has 0 bridgehead atoms. The number of sulfonamides is 1. The Kier molecular flexibility index (Phi) is 7.21. The Morgan fingerprint density at radius 2 is 1.66 bits per heavy atom. The number of hydrogen-bond donors (Lipinski definition) is 1. The second-order valence-corrected chi connectivity index (χ2v) is 9.69.